The lowest BCUT2D eigenvalue weighted by Crippen LogP contribution is -1.97. The topological polar surface area (TPSA) is 43.4 Å². The number of alkyl halides is 1. The molecule has 78 valence electrons. The van der Waals surface area contributed by atoms with E-state index < -0.39 is 9.05 Å². The molecule has 1 aromatic carbocycles. The standard InChI is InChI=1S/C8H8Cl2O3S/c1-13-7-2-3-8(14(10,11)12)6(4-7)5-9/h2-4H,5H2,1H3. The van der Waals surface area contributed by atoms with Gasteiger partial charge in [-0.15, -0.1) is 11.6 Å². The van der Waals surface area contributed by atoms with Crippen molar-refractivity contribution in [3.8, 4) is 5.75 Å². The minimum atomic E-state index is -3.74. The van der Waals surface area contributed by atoms with Gasteiger partial charge in [-0.3, -0.25) is 0 Å². The summed E-state index contributed by atoms with van der Waals surface area (Å²) in [5, 5.41) is 0. The van der Waals surface area contributed by atoms with Crippen LogP contribution in [-0.4, -0.2) is 15.5 Å². The van der Waals surface area contributed by atoms with E-state index >= 15 is 0 Å². The van der Waals surface area contributed by atoms with Crippen LogP contribution in [0.3, 0.4) is 0 Å². The molecular formula is C8H8Cl2O3S. The van der Waals surface area contributed by atoms with E-state index in [1.807, 2.05) is 0 Å². The summed E-state index contributed by atoms with van der Waals surface area (Å²) in [6, 6.07) is 4.44. The monoisotopic (exact) mass is 254 g/mol. The van der Waals surface area contributed by atoms with Crippen molar-refractivity contribution >= 4 is 31.3 Å². The quantitative estimate of drug-likeness (QED) is 0.615. The Labute approximate surface area is 92.0 Å². The third kappa shape index (κ3) is 2.53. The Kier molecular flexibility index (Phi) is 3.64. The van der Waals surface area contributed by atoms with Crippen LogP contribution in [0.5, 0.6) is 5.75 Å². The second kappa shape index (κ2) is 4.38. The highest BCUT2D eigenvalue weighted by Gasteiger charge is 2.15. The van der Waals surface area contributed by atoms with E-state index in [4.69, 9.17) is 27.0 Å². The normalized spacial score (nSPS) is 11.4. The van der Waals surface area contributed by atoms with Gasteiger partial charge in [-0.2, -0.15) is 0 Å². The first-order chi connectivity index (χ1) is 6.49. The van der Waals surface area contributed by atoms with Gasteiger partial charge >= 0.3 is 0 Å². The number of hydrogen-bond acceptors (Lipinski definition) is 3. The van der Waals surface area contributed by atoms with E-state index in [0.29, 0.717) is 11.3 Å². The van der Waals surface area contributed by atoms with E-state index in [-0.39, 0.29) is 10.8 Å². The average Bonchev–Trinajstić information content (AvgIpc) is 2.15. The largest absolute Gasteiger partial charge is 0.497 e. The van der Waals surface area contributed by atoms with Crippen LogP contribution in [0.4, 0.5) is 0 Å². The number of benzene rings is 1. The van der Waals surface area contributed by atoms with Crippen LogP contribution >= 0.6 is 22.3 Å². The first-order valence-electron chi connectivity index (χ1n) is 3.66. The third-order valence-electron chi connectivity index (χ3n) is 1.67. The molecule has 0 atom stereocenters. The van der Waals surface area contributed by atoms with Gasteiger partial charge in [-0.05, 0) is 23.8 Å². The van der Waals surface area contributed by atoms with E-state index in [9.17, 15) is 8.42 Å². The van der Waals surface area contributed by atoms with Crippen molar-refractivity contribution in [1.82, 2.24) is 0 Å². The highest BCUT2D eigenvalue weighted by atomic mass is 35.7. The molecule has 0 radical (unpaired) electrons. The van der Waals surface area contributed by atoms with Crippen LogP contribution in [0.2, 0.25) is 0 Å². The lowest BCUT2D eigenvalue weighted by atomic mass is 10.2. The van der Waals surface area contributed by atoms with Crippen molar-refractivity contribution in [3.63, 3.8) is 0 Å². The Morgan fingerprint density at radius 3 is 2.50 bits per heavy atom. The summed E-state index contributed by atoms with van der Waals surface area (Å²) < 4.78 is 27.1. The maximum atomic E-state index is 11.1. The summed E-state index contributed by atoms with van der Waals surface area (Å²) in [7, 11) is 2.96. The van der Waals surface area contributed by atoms with Crippen LogP contribution < -0.4 is 4.74 Å². The molecule has 0 aromatic heterocycles. The van der Waals surface area contributed by atoms with Crippen LogP contribution in [0.25, 0.3) is 0 Å². The van der Waals surface area contributed by atoms with Crippen LogP contribution in [0.1, 0.15) is 5.56 Å². The zero-order valence-corrected chi connectivity index (χ0v) is 9.66. The summed E-state index contributed by atoms with van der Waals surface area (Å²) in [6.07, 6.45) is 0. The molecule has 0 amide bonds. The molecule has 0 heterocycles. The molecule has 0 aliphatic heterocycles. The first-order valence-corrected chi connectivity index (χ1v) is 6.51. The van der Waals surface area contributed by atoms with Gasteiger partial charge in [0.2, 0.25) is 0 Å². The van der Waals surface area contributed by atoms with Crippen LogP contribution in [0, 0.1) is 0 Å². The van der Waals surface area contributed by atoms with Gasteiger partial charge in [-0.1, -0.05) is 0 Å². The smallest absolute Gasteiger partial charge is 0.261 e. The van der Waals surface area contributed by atoms with Crippen LogP contribution in [0.15, 0.2) is 23.1 Å². The Balaban J connectivity index is 3.33. The van der Waals surface area contributed by atoms with E-state index in [1.165, 1.54) is 19.2 Å². The molecule has 0 aliphatic rings. The van der Waals surface area contributed by atoms with Gasteiger partial charge in [0.05, 0.1) is 12.0 Å². The number of methoxy groups -OCH3 is 1. The van der Waals surface area contributed by atoms with E-state index in [1.54, 1.807) is 6.07 Å². The number of ether oxygens (including phenoxy) is 1. The highest BCUT2D eigenvalue weighted by molar-refractivity contribution is 8.13. The minimum absolute atomic E-state index is 0.0231. The van der Waals surface area contributed by atoms with Gasteiger partial charge in [0.1, 0.15) is 5.75 Å². The van der Waals surface area contributed by atoms with E-state index in [2.05, 4.69) is 0 Å². The SMILES string of the molecule is COc1ccc(S(=O)(=O)Cl)c(CCl)c1. The molecule has 3 nitrogen and oxygen atoms in total. The van der Waals surface area contributed by atoms with Crippen molar-refractivity contribution in [2.75, 3.05) is 7.11 Å². The lowest BCUT2D eigenvalue weighted by molar-refractivity contribution is 0.414. The molecule has 1 aromatic rings. The number of hydrogen-bond donors (Lipinski definition) is 0. The number of halogens is 2. The molecule has 0 saturated heterocycles. The van der Waals surface area contributed by atoms with Gasteiger partial charge < -0.3 is 4.74 Å². The zero-order chi connectivity index (χ0) is 10.8. The minimum Gasteiger partial charge on any atom is -0.497 e. The van der Waals surface area contributed by atoms with Gasteiger partial charge in [0.25, 0.3) is 9.05 Å². The fourth-order valence-electron chi connectivity index (χ4n) is 1.03. The second-order valence-electron chi connectivity index (χ2n) is 2.55. The molecular weight excluding hydrogens is 247 g/mol. The maximum absolute atomic E-state index is 11.1. The van der Waals surface area contributed by atoms with Crippen LogP contribution in [-0.2, 0) is 14.9 Å². The molecule has 0 unspecified atom stereocenters. The van der Waals surface area contributed by atoms with Crippen molar-refractivity contribution in [2.45, 2.75) is 10.8 Å². The zero-order valence-electron chi connectivity index (χ0n) is 7.33. The predicted octanol–water partition coefficient (Wildman–Crippen LogP) is 2.36. The predicted molar refractivity (Wildman–Crippen MR) is 55.6 cm³/mol. The Hall–Kier alpha value is -0.450. The average molecular weight is 255 g/mol. The van der Waals surface area contributed by atoms with Crippen molar-refractivity contribution in [3.05, 3.63) is 23.8 Å². The Morgan fingerprint density at radius 2 is 2.07 bits per heavy atom. The van der Waals surface area contributed by atoms with Crippen molar-refractivity contribution < 1.29 is 13.2 Å². The Bertz CT molecular complexity index is 428. The fraction of sp³-hybridized carbons (Fsp3) is 0.250. The molecule has 0 saturated carbocycles. The molecule has 6 heteroatoms. The fourth-order valence-corrected chi connectivity index (χ4v) is 2.45. The van der Waals surface area contributed by atoms with Crippen molar-refractivity contribution in [2.24, 2.45) is 0 Å². The maximum Gasteiger partial charge on any atom is 0.261 e. The second-order valence-corrected chi connectivity index (χ2v) is 5.35. The summed E-state index contributed by atoms with van der Waals surface area (Å²) in [5.74, 6) is 0.614. The van der Waals surface area contributed by atoms with Gasteiger partial charge in [0.15, 0.2) is 0 Å². The highest BCUT2D eigenvalue weighted by Crippen LogP contribution is 2.25. The molecule has 1 rings (SSSR count). The molecule has 0 N–H and O–H groups in total. The van der Waals surface area contributed by atoms with Gasteiger partial charge in [0, 0.05) is 16.6 Å². The van der Waals surface area contributed by atoms with E-state index in [0.717, 1.165) is 0 Å². The third-order valence-corrected chi connectivity index (χ3v) is 3.38. The molecule has 0 bridgehead atoms. The first kappa shape index (κ1) is 11.6. The van der Waals surface area contributed by atoms with Gasteiger partial charge in [-0.25, -0.2) is 8.42 Å². The summed E-state index contributed by atoms with van der Waals surface area (Å²) in [4.78, 5) is 0.0231. The lowest BCUT2D eigenvalue weighted by Gasteiger charge is -2.05. The van der Waals surface area contributed by atoms with Crippen molar-refractivity contribution in [1.29, 1.82) is 0 Å². The summed E-state index contributed by atoms with van der Waals surface area (Å²) in [6.45, 7) is 0. The Morgan fingerprint density at radius 1 is 1.43 bits per heavy atom. The molecule has 0 spiro atoms. The molecule has 0 aliphatic carbocycles. The summed E-state index contributed by atoms with van der Waals surface area (Å²) >= 11 is 5.59. The number of rotatable bonds is 3. The summed E-state index contributed by atoms with van der Waals surface area (Å²) in [5.41, 5.74) is 0.431. The molecule has 0 fully saturated rings. The molecule has 14 heavy (non-hydrogen) atoms.